The van der Waals surface area contributed by atoms with Crippen LogP contribution in [0.15, 0.2) is 35.4 Å². The minimum atomic E-state index is -0.376. The van der Waals surface area contributed by atoms with Gasteiger partial charge in [0, 0.05) is 18.0 Å². The van der Waals surface area contributed by atoms with Crippen LogP contribution in [0.1, 0.15) is 31.7 Å². The lowest BCUT2D eigenvalue weighted by atomic mass is 9.95. The molecular formula is C14H16N2O2. The number of nitrogens with one attached hydrogen (secondary N) is 1. The third kappa shape index (κ3) is 2.42. The number of hydrogen-bond acceptors (Lipinski definition) is 3. The molecule has 0 fully saturated rings. The molecule has 2 N–H and O–H groups in total. The van der Waals surface area contributed by atoms with E-state index in [4.69, 9.17) is 0 Å². The summed E-state index contributed by atoms with van der Waals surface area (Å²) in [6.45, 7) is 4.17. The lowest BCUT2D eigenvalue weighted by molar-refractivity contribution is 0.462. The third-order valence-corrected chi connectivity index (χ3v) is 3.18. The second kappa shape index (κ2) is 5.04. The number of aromatic nitrogens is 2. The molecule has 2 aromatic rings. The number of rotatable bonds is 3. The van der Waals surface area contributed by atoms with Crippen LogP contribution in [-0.4, -0.2) is 15.1 Å². The number of nitrogens with zero attached hydrogens (tertiary/aromatic N) is 1. The molecule has 1 atom stereocenters. The number of H-pyrrole nitrogens is 1. The first-order chi connectivity index (χ1) is 8.61. The van der Waals surface area contributed by atoms with Crippen LogP contribution in [-0.2, 0) is 0 Å². The molecule has 1 unspecified atom stereocenters. The van der Waals surface area contributed by atoms with Crippen LogP contribution in [0.3, 0.4) is 0 Å². The summed E-state index contributed by atoms with van der Waals surface area (Å²) in [6, 6.07) is 5.55. The minimum absolute atomic E-state index is 0.285. The van der Waals surface area contributed by atoms with Gasteiger partial charge in [-0.2, -0.15) is 0 Å². The fourth-order valence-electron chi connectivity index (χ4n) is 1.86. The van der Waals surface area contributed by atoms with Crippen LogP contribution in [0, 0.1) is 0 Å². The Hall–Kier alpha value is -2.10. The van der Waals surface area contributed by atoms with Crippen molar-refractivity contribution in [2.45, 2.75) is 26.2 Å². The van der Waals surface area contributed by atoms with Gasteiger partial charge in [-0.3, -0.25) is 0 Å². The smallest absolute Gasteiger partial charge is 0.344 e. The van der Waals surface area contributed by atoms with Crippen molar-refractivity contribution in [2.24, 2.45) is 0 Å². The highest BCUT2D eigenvalue weighted by Gasteiger charge is 2.09. The summed E-state index contributed by atoms with van der Waals surface area (Å²) in [6.07, 6.45) is 4.07. The molecule has 0 radical (unpaired) electrons. The fraction of sp³-hybridized carbons (Fsp3) is 0.286. The second-order valence-electron chi connectivity index (χ2n) is 4.39. The molecule has 1 aromatic carbocycles. The Morgan fingerprint density at radius 1 is 1.39 bits per heavy atom. The van der Waals surface area contributed by atoms with Crippen LogP contribution in [0.25, 0.3) is 11.1 Å². The normalized spacial score (nSPS) is 12.3. The van der Waals surface area contributed by atoms with Crippen molar-refractivity contribution in [1.29, 1.82) is 0 Å². The Balaban J connectivity index is 2.40. The Kier molecular flexibility index (Phi) is 3.46. The number of hydrogen-bond donors (Lipinski definition) is 2. The number of aromatic hydroxyl groups is 1. The van der Waals surface area contributed by atoms with E-state index in [1.807, 2.05) is 12.1 Å². The first-order valence-corrected chi connectivity index (χ1v) is 5.99. The van der Waals surface area contributed by atoms with Crippen molar-refractivity contribution in [3.63, 3.8) is 0 Å². The van der Waals surface area contributed by atoms with Crippen LogP contribution in [0.4, 0.5) is 0 Å². The molecule has 1 aromatic heterocycles. The van der Waals surface area contributed by atoms with Crippen molar-refractivity contribution >= 4 is 0 Å². The first-order valence-electron chi connectivity index (χ1n) is 5.99. The van der Waals surface area contributed by atoms with E-state index in [2.05, 4.69) is 23.8 Å². The number of phenols is 1. The highest BCUT2D eigenvalue weighted by atomic mass is 16.3. The standard InChI is InChI=1S/C14H16N2O2/c1-3-9(2)12-5-4-10(6-13(12)17)11-7-15-14(18)16-8-11/h4-9,17H,3H2,1-2H3,(H,15,16,18). The molecule has 0 aliphatic carbocycles. The highest BCUT2D eigenvalue weighted by Crippen LogP contribution is 2.31. The summed E-state index contributed by atoms with van der Waals surface area (Å²) in [5, 5.41) is 10.0. The van der Waals surface area contributed by atoms with Gasteiger partial charge >= 0.3 is 5.69 Å². The van der Waals surface area contributed by atoms with Crippen LogP contribution in [0.5, 0.6) is 5.75 Å². The van der Waals surface area contributed by atoms with Crippen molar-refractivity contribution in [3.8, 4) is 16.9 Å². The summed E-state index contributed by atoms with van der Waals surface area (Å²) in [4.78, 5) is 17.1. The monoisotopic (exact) mass is 244 g/mol. The molecule has 0 aliphatic rings. The van der Waals surface area contributed by atoms with E-state index in [-0.39, 0.29) is 11.4 Å². The summed E-state index contributed by atoms with van der Waals surface area (Å²) >= 11 is 0. The maximum Gasteiger partial charge on any atom is 0.344 e. The quantitative estimate of drug-likeness (QED) is 0.872. The first kappa shape index (κ1) is 12.4. The van der Waals surface area contributed by atoms with Crippen molar-refractivity contribution in [2.75, 3.05) is 0 Å². The summed E-state index contributed by atoms with van der Waals surface area (Å²) < 4.78 is 0. The van der Waals surface area contributed by atoms with E-state index in [0.717, 1.165) is 23.1 Å². The number of aromatic amines is 1. The van der Waals surface area contributed by atoms with Gasteiger partial charge < -0.3 is 10.1 Å². The molecular weight excluding hydrogens is 228 g/mol. The Bertz CT molecular complexity index is 584. The predicted octanol–water partition coefficient (Wildman–Crippen LogP) is 2.66. The van der Waals surface area contributed by atoms with Crippen LogP contribution in [0.2, 0.25) is 0 Å². The Morgan fingerprint density at radius 3 is 2.72 bits per heavy atom. The SMILES string of the molecule is CCC(C)c1ccc(-c2cnc(=O)[nH]c2)cc1O. The van der Waals surface area contributed by atoms with Crippen molar-refractivity contribution in [3.05, 3.63) is 46.6 Å². The average molecular weight is 244 g/mol. The highest BCUT2D eigenvalue weighted by molar-refractivity contribution is 5.64. The lowest BCUT2D eigenvalue weighted by Crippen LogP contribution is -2.07. The van der Waals surface area contributed by atoms with E-state index in [0.29, 0.717) is 5.92 Å². The van der Waals surface area contributed by atoms with Gasteiger partial charge in [0.1, 0.15) is 5.75 Å². The number of phenolic OH excluding ortho intramolecular Hbond substituents is 1. The van der Waals surface area contributed by atoms with Gasteiger partial charge in [0.15, 0.2) is 0 Å². The zero-order valence-electron chi connectivity index (χ0n) is 10.5. The van der Waals surface area contributed by atoms with Crippen molar-refractivity contribution in [1.82, 2.24) is 9.97 Å². The molecule has 0 aliphatic heterocycles. The van der Waals surface area contributed by atoms with E-state index < -0.39 is 0 Å². The third-order valence-electron chi connectivity index (χ3n) is 3.18. The molecule has 1 heterocycles. The minimum Gasteiger partial charge on any atom is -0.508 e. The van der Waals surface area contributed by atoms with Gasteiger partial charge in [-0.1, -0.05) is 26.0 Å². The van der Waals surface area contributed by atoms with Crippen molar-refractivity contribution < 1.29 is 5.11 Å². The van der Waals surface area contributed by atoms with E-state index in [1.54, 1.807) is 12.3 Å². The van der Waals surface area contributed by atoms with Crippen LogP contribution >= 0.6 is 0 Å². The van der Waals surface area contributed by atoms with Gasteiger partial charge in [-0.25, -0.2) is 9.78 Å². The molecule has 94 valence electrons. The van der Waals surface area contributed by atoms with E-state index in [1.165, 1.54) is 6.20 Å². The lowest BCUT2D eigenvalue weighted by Gasteiger charge is -2.12. The summed E-state index contributed by atoms with van der Waals surface area (Å²) in [5.41, 5.74) is 2.18. The molecule has 0 spiro atoms. The fourth-order valence-corrected chi connectivity index (χ4v) is 1.86. The second-order valence-corrected chi connectivity index (χ2v) is 4.39. The van der Waals surface area contributed by atoms with E-state index >= 15 is 0 Å². The zero-order chi connectivity index (χ0) is 13.1. The maximum absolute atomic E-state index is 10.9. The summed E-state index contributed by atoms with van der Waals surface area (Å²) in [5.74, 6) is 0.612. The number of benzene rings is 1. The largest absolute Gasteiger partial charge is 0.508 e. The predicted molar refractivity (Wildman–Crippen MR) is 70.7 cm³/mol. The molecule has 4 nitrogen and oxygen atoms in total. The Labute approximate surface area is 105 Å². The zero-order valence-corrected chi connectivity index (χ0v) is 10.5. The molecule has 18 heavy (non-hydrogen) atoms. The van der Waals surface area contributed by atoms with Gasteiger partial charge in [0.05, 0.1) is 0 Å². The average Bonchev–Trinajstić information content (AvgIpc) is 2.38. The molecule has 0 saturated heterocycles. The molecule has 4 heteroatoms. The van der Waals surface area contributed by atoms with Gasteiger partial charge in [0.25, 0.3) is 0 Å². The van der Waals surface area contributed by atoms with Crippen LogP contribution < -0.4 is 5.69 Å². The summed E-state index contributed by atoms with van der Waals surface area (Å²) in [7, 11) is 0. The maximum atomic E-state index is 10.9. The molecule has 0 bridgehead atoms. The van der Waals surface area contributed by atoms with E-state index in [9.17, 15) is 9.90 Å². The van der Waals surface area contributed by atoms with Gasteiger partial charge in [-0.15, -0.1) is 0 Å². The molecule has 0 saturated carbocycles. The Morgan fingerprint density at radius 2 is 2.17 bits per heavy atom. The van der Waals surface area contributed by atoms with Gasteiger partial charge in [0.2, 0.25) is 0 Å². The molecule has 2 rings (SSSR count). The topological polar surface area (TPSA) is 66.0 Å². The van der Waals surface area contributed by atoms with Gasteiger partial charge in [-0.05, 0) is 29.5 Å². The molecule has 0 amide bonds.